The van der Waals surface area contributed by atoms with Gasteiger partial charge in [-0.05, 0) is 32.1 Å². The van der Waals surface area contributed by atoms with E-state index in [9.17, 15) is 4.79 Å². The number of amides is 1. The molecule has 0 aromatic rings. The maximum absolute atomic E-state index is 10.5. The molecule has 0 saturated heterocycles. The summed E-state index contributed by atoms with van der Waals surface area (Å²) in [5, 5.41) is 0. The molecule has 0 aliphatic rings. The highest BCUT2D eigenvalue weighted by molar-refractivity contribution is 5.73. The van der Waals surface area contributed by atoms with E-state index in [2.05, 4.69) is 19.1 Å². The zero-order valence-corrected chi connectivity index (χ0v) is 14.2. The molecule has 0 bridgehead atoms. The van der Waals surface area contributed by atoms with Crippen molar-refractivity contribution in [1.29, 1.82) is 0 Å². The van der Waals surface area contributed by atoms with Crippen molar-refractivity contribution in [2.24, 2.45) is 5.73 Å². The fourth-order valence-electron chi connectivity index (χ4n) is 2.37. The molecule has 5 N–H and O–H groups in total. The lowest BCUT2D eigenvalue weighted by molar-refractivity contribution is -0.118. The quantitative estimate of drug-likeness (QED) is 0.302. The largest absolute Gasteiger partial charge is 0.370 e. The van der Waals surface area contributed by atoms with E-state index in [0.29, 0.717) is 6.42 Å². The smallest absolute Gasteiger partial charge is 0.217 e. The van der Waals surface area contributed by atoms with Crippen LogP contribution in [0.15, 0.2) is 12.2 Å². The van der Waals surface area contributed by atoms with E-state index in [4.69, 9.17) is 5.73 Å². The Morgan fingerprint density at radius 1 is 0.762 bits per heavy atom. The van der Waals surface area contributed by atoms with Crippen LogP contribution in [0.25, 0.3) is 0 Å². The number of allylic oxidation sites excluding steroid dienone is 2. The molecule has 126 valence electrons. The third-order valence-corrected chi connectivity index (χ3v) is 3.68. The highest BCUT2D eigenvalue weighted by Crippen LogP contribution is 2.09. The molecular formula is C18H38N2O. The van der Waals surface area contributed by atoms with Crippen molar-refractivity contribution in [1.82, 2.24) is 6.15 Å². The van der Waals surface area contributed by atoms with Gasteiger partial charge in [-0.1, -0.05) is 70.4 Å². The van der Waals surface area contributed by atoms with Crippen molar-refractivity contribution in [2.45, 2.75) is 96.8 Å². The first-order valence-electron chi connectivity index (χ1n) is 8.70. The monoisotopic (exact) mass is 298 g/mol. The maximum Gasteiger partial charge on any atom is 0.217 e. The summed E-state index contributed by atoms with van der Waals surface area (Å²) in [6.45, 7) is 2.26. The van der Waals surface area contributed by atoms with Crippen LogP contribution in [0.1, 0.15) is 96.8 Å². The number of unbranched alkanes of at least 4 members (excludes halogenated alkanes) is 11. The number of nitrogens with two attached hydrogens (primary N) is 1. The Balaban J connectivity index is 0. The second-order valence-corrected chi connectivity index (χ2v) is 5.80. The van der Waals surface area contributed by atoms with Gasteiger partial charge < -0.3 is 11.9 Å². The molecule has 0 aromatic heterocycles. The van der Waals surface area contributed by atoms with Crippen LogP contribution < -0.4 is 11.9 Å². The molecule has 0 radical (unpaired) electrons. The number of primary amides is 1. The average Bonchev–Trinajstić information content (AvgIpc) is 2.43. The predicted molar refractivity (Wildman–Crippen MR) is 93.7 cm³/mol. The molecule has 0 heterocycles. The Hall–Kier alpha value is -0.830. The highest BCUT2D eigenvalue weighted by Gasteiger charge is 1.94. The second-order valence-electron chi connectivity index (χ2n) is 5.80. The zero-order chi connectivity index (χ0) is 14.9. The number of carbonyl (C=O) groups excluding carboxylic acids is 1. The summed E-state index contributed by atoms with van der Waals surface area (Å²) in [7, 11) is 0. The van der Waals surface area contributed by atoms with Gasteiger partial charge in [0.05, 0.1) is 0 Å². The molecule has 0 saturated carbocycles. The van der Waals surface area contributed by atoms with E-state index in [1.807, 2.05) is 0 Å². The third kappa shape index (κ3) is 21.6. The van der Waals surface area contributed by atoms with E-state index < -0.39 is 0 Å². The molecule has 0 rings (SSSR count). The van der Waals surface area contributed by atoms with Gasteiger partial charge in [0.2, 0.25) is 5.91 Å². The van der Waals surface area contributed by atoms with E-state index in [1.165, 1.54) is 70.6 Å². The van der Waals surface area contributed by atoms with E-state index in [-0.39, 0.29) is 12.1 Å². The van der Waals surface area contributed by atoms with Crippen molar-refractivity contribution in [2.75, 3.05) is 0 Å². The maximum atomic E-state index is 10.5. The normalized spacial score (nSPS) is 10.7. The number of carbonyl (C=O) groups is 1. The van der Waals surface area contributed by atoms with Gasteiger partial charge in [0.25, 0.3) is 0 Å². The van der Waals surface area contributed by atoms with Gasteiger partial charge in [-0.2, -0.15) is 0 Å². The Morgan fingerprint density at radius 2 is 1.19 bits per heavy atom. The summed E-state index contributed by atoms with van der Waals surface area (Å²) in [5.74, 6) is -0.164. The van der Waals surface area contributed by atoms with Crippen LogP contribution in [0.4, 0.5) is 0 Å². The summed E-state index contributed by atoms with van der Waals surface area (Å²) in [6.07, 6.45) is 21.9. The second kappa shape index (κ2) is 19.2. The molecular weight excluding hydrogens is 260 g/mol. The van der Waals surface area contributed by atoms with Crippen LogP contribution in [-0.2, 0) is 4.79 Å². The third-order valence-electron chi connectivity index (χ3n) is 3.68. The van der Waals surface area contributed by atoms with Crippen LogP contribution in [0, 0.1) is 0 Å². The van der Waals surface area contributed by atoms with Crippen LogP contribution in [0.2, 0.25) is 0 Å². The number of hydrogen-bond donors (Lipinski definition) is 2. The lowest BCUT2D eigenvalue weighted by atomic mass is 10.1. The van der Waals surface area contributed by atoms with Crippen molar-refractivity contribution in [3.8, 4) is 0 Å². The van der Waals surface area contributed by atoms with Gasteiger partial charge in [0.1, 0.15) is 0 Å². The number of hydrogen-bond acceptors (Lipinski definition) is 2. The van der Waals surface area contributed by atoms with E-state index in [0.717, 1.165) is 12.8 Å². The standard InChI is InChI=1S/C18H35NO.H3N/c1-2-3-4-5-6-7-8-9-10-11-12-13-14-15-16-17-18(19)20;/h9-10H,2-8,11-17H2,1H3,(H2,19,20);1H3/b10-9-;. The van der Waals surface area contributed by atoms with Crippen LogP contribution >= 0.6 is 0 Å². The van der Waals surface area contributed by atoms with Gasteiger partial charge >= 0.3 is 0 Å². The topological polar surface area (TPSA) is 78.1 Å². The molecule has 0 atom stereocenters. The molecule has 0 aliphatic heterocycles. The summed E-state index contributed by atoms with van der Waals surface area (Å²) in [5.41, 5.74) is 5.10. The first-order chi connectivity index (χ1) is 9.77. The van der Waals surface area contributed by atoms with Gasteiger partial charge in [0, 0.05) is 6.42 Å². The fraction of sp³-hybridized carbons (Fsp3) is 0.833. The molecule has 0 aliphatic carbocycles. The molecule has 0 unspecified atom stereocenters. The highest BCUT2D eigenvalue weighted by atomic mass is 16.1. The Bertz CT molecular complexity index is 239. The summed E-state index contributed by atoms with van der Waals surface area (Å²) in [6, 6.07) is 0. The molecule has 1 amide bonds. The molecule has 21 heavy (non-hydrogen) atoms. The zero-order valence-electron chi connectivity index (χ0n) is 14.2. The first kappa shape index (κ1) is 22.5. The minimum atomic E-state index is -0.164. The van der Waals surface area contributed by atoms with Crippen LogP contribution in [-0.4, -0.2) is 5.91 Å². The van der Waals surface area contributed by atoms with Crippen molar-refractivity contribution in [3.05, 3.63) is 12.2 Å². The predicted octanol–water partition coefficient (Wildman–Crippen LogP) is 5.67. The minimum Gasteiger partial charge on any atom is -0.370 e. The SMILES string of the molecule is CCCCCCCC/C=C\CCCCCCCC(N)=O.N. The Labute approximate surface area is 132 Å². The van der Waals surface area contributed by atoms with E-state index >= 15 is 0 Å². The fourth-order valence-corrected chi connectivity index (χ4v) is 2.37. The van der Waals surface area contributed by atoms with Crippen molar-refractivity contribution >= 4 is 5.91 Å². The summed E-state index contributed by atoms with van der Waals surface area (Å²) < 4.78 is 0. The molecule has 0 aromatic carbocycles. The average molecular weight is 299 g/mol. The summed E-state index contributed by atoms with van der Waals surface area (Å²) >= 11 is 0. The first-order valence-corrected chi connectivity index (χ1v) is 8.70. The van der Waals surface area contributed by atoms with Crippen LogP contribution in [0.3, 0.4) is 0 Å². The Morgan fingerprint density at radius 3 is 1.67 bits per heavy atom. The van der Waals surface area contributed by atoms with Gasteiger partial charge in [-0.25, -0.2) is 0 Å². The minimum absolute atomic E-state index is 0. The van der Waals surface area contributed by atoms with Crippen LogP contribution in [0.5, 0.6) is 0 Å². The van der Waals surface area contributed by atoms with Crippen molar-refractivity contribution < 1.29 is 4.79 Å². The molecule has 0 spiro atoms. The van der Waals surface area contributed by atoms with Crippen molar-refractivity contribution in [3.63, 3.8) is 0 Å². The molecule has 0 fully saturated rings. The van der Waals surface area contributed by atoms with Gasteiger partial charge in [-0.15, -0.1) is 0 Å². The van der Waals surface area contributed by atoms with Gasteiger partial charge in [0.15, 0.2) is 0 Å². The molecule has 3 nitrogen and oxygen atoms in total. The summed E-state index contributed by atoms with van der Waals surface area (Å²) in [4.78, 5) is 10.5. The Kier molecular flexibility index (Phi) is 20.5. The lowest BCUT2D eigenvalue weighted by Gasteiger charge is -1.99. The lowest BCUT2D eigenvalue weighted by Crippen LogP contribution is -2.09. The van der Waals surface area contributed by atoms with E-state index in [1.54, 1.807) is 0 Å². The molecule has 3 heteroatoms. The number of rotatable bonds is 15. The van der Waals surface area contributed by atoms with Gasteiger partial charge in [-0.3, -0.25) is 4.79 Å².